The molecule has 27 heavy (non-hydrogen) atoms. The molecule has 146 valence electrons. The molecule has 9 heteroatoms. The number of aromatic hydroxyl groups is 1. The summed E-state index contributed by atoms with van der Waals surface area (Å²) in [5, 5.41) is 10.1. The second-order valence-electron chi connectivity index (χ2n) is 6.48. The number of nitrogens with zero attached hydrogens (tertiary/aromatic N) is 1. The van der Waals surface area contributed by atoms with Gasteiger partial charge in [-0.05, 0) is 42.3 Å². The van der Waals surface area contributed by atoms with E-state index in [1.165, 1.54) is 12.1 Å². The first-order chi connectivity index (χ1) is 12.6. The van der Waals surface area contributed by atoms with E-state index < -0.39 is 27.1 Å². The molecule has 1 N–H and O–H groups in total. The minimum atomic E-state index is -5.86. The first-order valence-corrected chi connectivity index (χ1v) is 9.59. The van der Waals surface area contributed by atoms with Crippen LogP contribution in [0.2, 0.25) is 0 Å². The van der Waals surface area contributed by atoms with E-state index in [4.69, 9.17) is 0 Å². The number of alkyl halides is 3. The molecule has 0 aromatic heterocycles. The monoisotopic (exact) mass is 401 g/mol. The molecule has 1 atom stereocenters. The standard InChI is InChI=1S/C18H18F3NO4S/c1-22-8-7-13-9-17(26-27(24,25)18(19,20)21)16(23)10-14(13)15(11-22)12-5-3-2-4-6-12/h2-6,9-10,15,23H,7-8,11H2,1H3. The molecule has 1 heterocycles. The Morgan fingerprint density at radius 3 is 2.48 bits per heavy atom. The van der Waals surface area contributed by atoms with Gasteiger partial charge in [0.2, 0.25) is 0 Å². The Kier molecular flexibility index (Phi) is 5.09. The lowest BCUT2D eigenvalue weighted by atomic mass is 9.87. The number of hydrogen-bond donors (Lipinski definition) is 1. The van der Waals surface area contributed by atoms with Crippen LogP contribution in [0, 0.1) is 0 Å². The summed E-state index contributed by atoms with van der Waals surface area (Å²) < 4.78 is 64.5. The smallest absolute Gasteiger partial charge is 0.504 e. The van der Waals surface area contributed by atoms with Gasteiger partial charge in [0.25, 0.3) is 0 Å². The van der Waals surface area contributed by atoms with Crippen molar-refractivity contribution in [2.45, 2.75) is 17.8 Å². The van der Waals surface area contributed by atoms with Crippen molar-refractivity contribution in [1.82, 2.24) is 4.90 Å². The highest BCUT2D eigenvalue weighted by Crippen LogP contribution is 2.39. The summed E-state index contributed by atoms with van der Waals surface area (Å²) in [7, 11) is -3.93. The Bertz CT molecular complexity index is 930. The second kappa shape index (κ2) is 7.05. The van der Waals surface area contributed by atoms with Gasteiger partial charge < -0.3 is 14.2 Å². The molecule has 2 aromatic rings. The third-order valence-electron chi connectivity index (χ3n) is 4.54. The molecule has 0 fully saturated rings. The van der Waals surface area contributed by atoms with E-state index in [1.54, 1.807) is 0 Å². The van der Waals surface area contributed by atoms with Gasteiger partial charge in [0.05, 0.1) is 0 Å². The summed E-state index contributed by atoms with van der Waals surface area (Å²) in [5.74, 6) is -1.48. The van der Waals surface area contributed by atoms with E-state index in [0.717, 1.165) is 11.1 Å². The average Bonchev–Trinajstić information content (AvgIpc) is 2.74. The normalized spacial score (nSPS) is 18.6. The van der Waals surface area contributed by atoms with E-state index in [-0.39, 0.29) is 5.92 Å². The molecular weight excluding hydrogens is 383 g/mol. The van der Waals surface area contributed by atoms with Crippen LogP contribution in [0.3, 0.4) is 0 Å². The van der Waals surface area contributed by atoms with Crippen LogP contribution in [0.4, 0.5) is 13.2 Å². The van der Waals surface area contributed by atoms with Crippen molar-refractivity contribution >= 4 is 10.1 Å². The molecule has 3 rings (SSSR count). The van der Waals surface area contributed by atoms with Gasteiger partial charge in [0.15, 0.2) is 11.5 Å². The van der Waals surface area contributed by atoms with Crippen molar-refractivity contribution in [1.29, 1.82) is 0 Å². The van der Waals surface area contributed by atoms with Crippen LogP contribution in [-0.2, 0) is 16.5 Å². The number of phenols is 1. The maximum atomic E-state index is 12.6. The minimum absolute atomic E-state index is 0.118. The molecule has 0 saturated carbocycles. The SMILES string of the molecule is CN1CCc2cc(OS(=O)(=O)C(F)(F)F)c(O)cc2C(c2ccccc2)C1. The van der Waals surface area contributed by atoms with E-state index in [9.17, 15) is 26.7 Å². The Morgan fingerprint density at radius 1 is 1.19 bits per heavy atom. The van der Waals surface area contributed by atoms with Crippen molar-refractivity contribution < 1.29 is 30.9 Å². The lowest BCUT2D eigenvalue weighted by Crippen LogP contribution is -2.28. The van der Waals surface area contributed by atoms with Crippen molar-refractivity contribution in [2.75, 3.05) is 20.1 Å². The first-order valence-electron chi connectivity index (χ1n) is 8.18. The largest absolute Gasteiger partial charge is 0.534 e. The summed E-state index contributed by atoms with van der Waals surface area (Å²) in [6.45, 7) is 1.28. The van der Waals surface area contributed by atoms with Gasteiger partial charge in [-0.2, -0.15) is 21.6 Å². The zero-order valence-corrected chi connectivity index (χ0v) is 15.2. The number of hydrogen-bond acceptors (Lipinski definition) is 5. The fourth-order valence-corrected chi connectivity index (χ4v) is 3.65. The predicted molar refractivity (Wildman–Crippen MR) is 93.2 cm³/mol. The number of likely N-dealkylation sites (N-methyl/N-ethyl adjacent to an activating group) is 1. The highest BCUT2D eigenvalue weighted by atomic mass is 32.2. The van der Waals surface area contributed by atoms with Crippen molar-refractivity contribution in [3.63, 3.8) is 0 Å². The van der Waals surface area contributed by atoms with Gasteiger partial charge in [-0.15, -0.1) is 0 Å². The predicted octanol–water partition coefficient (Wildman–Crippen LogP) is 3.24. The van der Waals surface area contributed by atoms with Crippen molar-refractivity contribution in [2.24, 2.45) is 0 Å². The average molecular weight is 401 g/mol. The Morgan fingerprint density at radius 2 is 1.85 bits per heavy atom. The van der Waals surface area contributed by atoms with Gasteiger partial charge in [0.1, 0.15) is 0 Å². The third kappa shape index (κ3) is 4.03. The zero-order chi connectivity index (χ0) is 19.8. The molecule has 2 aromatic carbocycles. The van der Waals surface area contributed by atoms with Crippen LogP contribution < -0.4 is 4.18 Å². The van der Waals surface area contributed by atoms with Gasteiger partial charge in [0, 0.05) is 19.0 Å². The number of phenolic OH excluding ortho intramolecular Hbond substituents is 1. The summed E-state index contributed by atoms with van der Waals surface area (Å²) >= 11 is 0. The highest BCUT2D eigenvalue weighted by molar-refractivity contribution is 7.88. The van der Waals surface area contributed by atoms with Gasteiger partial charge >= 0.3 is 15.6 Å². The summed E-state index contributed by atoms with van der Waals surface area (Å²) in [5.41, 5.74) is -3.21. The van der Waals surface area contributed by atoms with Crippen LogP contribution in [0.1, 0.15) is 22.6 Å². The van der Waals surface area contributed by atoms with Gasteiger partial charge in [-0.1, -0.05) is 30.3 Å². The molecule has 0 aliphatic carbocycles. The second-order valence-corrected chi connectivity index (χ2v) is 8.02. The fourth-order valence-electron chi connectivity index (χ4n) is 3.18. The molecule has 0 radical (unpaired) electrons. The summed E-state index contributed by atoms with van der Waals surface area (Å²) in [4.78, 5) is 2.07. The topological polar surface area (TPSA) is 66.8 Å². The van der Waals surface area contributed by atoms with E-state index in [0.29, 0.717) is 25.1 Å². The van der Waals surface area contributed by atoms with Gasteiger partial charge in [-0.3, -0.25) is 0 Å². The van der Waals surface area contributed by atoms with Crippen molar-refractivity contribution in [3.05, 3.63) is 59.2 Å². The lowest BCUT2D eigenvalue weighted by molar-refractivity contribution is -0.0500. The van der Waals surface area contributed by atoms with Crippen LogP contribution >= 0.6 is 0 Å². The Hall–Kier alpha value is -2.26. The molecule has 0 bridgehead atoms. The molecule has 0 saturated heterocycles. The fraction of sp³-hybridized carbons (Fsp3) is 0.333. The quantitative estimate of drug-likeness (QED) is 0.632. The molecule has 1 unspecified atom stereocenters. The van der Waals surface area contributed by atoms with Gasteiger partial charge in [-0.25, -0.2) is 0 Å². The molecule has 5 nitrogen and oxygen atoms in total. The van der Waals surface area contributed by atoms with E-state index in [2.05, 4.69) is 9.08 Å². The highest BCUT2D eigenvalue weighted by Gasteiger charge is 2.49. The lowest BCUT2D eigenvalue weighted by Gasteiger charge is -2.22. The molecule has 0 spiro atoms. The van der Waals surface area contributed by atoms with Crippen molar-refractivity contribution in [3.8, 4) is 11.5 Å². The minimum Gasteiger partial charge on any atom is -0.504 e. The molecule has 0 amide bonds. The number of fused-ring (bicyclic) bond motifs is 1. The molecule has 1 aliphatic rings. The maximum Gasteiger partial charge on any atom is 0.534 e. The third-order valence-corrected chi connectivity index (χ3v) is 5.50. The zero-order valence-electron chi connectivity index (χ0n) is 14.4. The summed E-state index contributed by atoms with van der Waals surface area (Å²) in [6.07, 6.45) is 0.484. The number of halogens is 3. The van der Waals surface area contributed by atoms with E-state index >= 15 is 0 Å². The molecule has 1 aliphatic heterocycles. The number of benzene rings is 2. The van der Waals surface area contributed by atoms with Crippen LogP contribution in [0.15, 0.2) is 42.5 Å². The van der Waals surface area contributed by atoms with Crippen LogP contribution in [-0.4, -0.2) is 44.1 Å². The number of rotatable bonds is 3. The summed E-state index contributed by atoms with van der Waals surface area (Å²) in [6, 6.07) is 12.0. The van der Waals surface area contributed by atoms with Crippen LogP contribution in [0.5, 0.6) is 11.5 Å². The first kappa shape index (κ1) is 19.5. The van der Waals surface area contributed by atoms with E-state index in [1.807, 2.05) is 37.4 Å². The maximum absolute atomic E-state index is 12.6. The molecular formula is C18H18F3NO4S. The Labute approximate surface area is 155 Å². The Balaban J connectivity index is 2.05. The van der Waals surface area contributed by atoms with Crippen LogP contribution in [0.25, 0.3) is 0 Å².